The lowest BCUT2D eigenvalue weighted by molar-refractivity contribution is -0.253. The predicted octanol–water partition coefficient (Wildman–Crippen LogP) is 4.36. The molecule has 0 amide bonds. The Kier molecular flexibility index (Phi) is 3.88. The molecule has 0 aliphatic heterocycles. The first-order valence-electron chi connectivity index (χ1n) is 5.19. The molecule has 0 aliphatic rings. The highest BCUT2D eigenvalue weighted by Gasteiger charge is 2.45. The highest BCUT2D eigenvalue weighted by molar-refractivity contribution is 5.39. The molecule has 1 aromatic rings. The minimum Gasteiger partial charge on any atom is -0.428 e. The summed E-state index contributed by atoms with van der Waals surface area (Å²) >= 11 is 0. The molecular formula is C12H13F5O. The first kappa shape index (κ1) is 14.7. The van der Waals surface area contributed by atoms with Crippen LogP contribution in [0.2, 0.25) is 0 Å². The van der Waals surface area contributed by atoms with Crippen LogP contribution in [0.1, 0.15) is 26.3 Å². The third-order valence-electron chi connectivity index (χ3n) is 2.23. The number of hydrogen-bond acceptors (Lipinski definition) is 1. The lowest BCUT2D eigenvalue weighted by Crippen LogP contribution is -2.34. The van der Waals surface area contributed by atoms with Crippen molar-refractivity contribution < 1.29 is 26.7 Å². The monoisotopic (exact) mass is 268 g/mol. The average molecular weight is 268 g/mol. The van der Waals surface area contributed by atoms with Crippen LogP contribution in [-0.2, 0) is 5.41 Å². The van der Waals surface area contributed by atoms with Gasteiger partial charge in [-0.1, -0.05) is 26.8 Å². The molecule has 102 valence electrons. The van der Waals surface area contributed by atoms with Crippen LogP contribution in [0.15, 0.2) is 18.2 Å². The van der Waals surface area contributed by atoms with Crippen molar-refractivity contribution in [2.24, 2.45) is 0 Å². The maximum Gasteiger partial charge on any atom is 0.461 e. The number of rotatable bonds is 3. The Labute approximate surface area is 102 Å². The van der Waals surface area contributed by atoms with Gasteiger partial charge in [0.05, 0.1) is 0 Å². The summed E-state index contributed by atoms with van der Waals surface area (Å²) in [5.74, 6) is -1.35. The van der Waals surface area contributed by atoms with Crippen LogP contribution in [0.4, 0.5) is 22.0 Å². The Morgan fingerprint density at radius 3 is 2.11 bits per heavy atom. The van der Waals surface area contributed by atoms with Crippen LogP contribution in [0.25, 0.3) is 0 Å². The van der Waals surface area contributed by atoms with E-state index in [1.807, 2.05) is 0 Å². The molecule has 1 rings (SSSR count). The van der Waals surface area contributed by atoms with Gasteiger partial charge in [-0.05, 0) is 17.5 Å². The molecule has 0 N–H and O–H groups in total. The number of ether oxygens (including phenoxy) is 1. The van der Waals surface area contributed by atoms with E-state index in [0.717, 1.165) is 18.2 Å². The van der Waals surface area contributed by atoms with Gasteiger partial charge in [0.25, 0.3) is 0 Å². The van der Waals surface area contributed by atoms with Gasteiger partial charge in [-0.2, -0.15) is 17.6 Å². The standard InChI is InChI=1S/C12H13F5O/c1-11(2,3)9-7(13)5-4-6-8(9)18-12(16,17)10(14)15/h4-6,10H,1-3H3. The zero-order valence-corrected chi connectivity index (χ0v) is 10.1. The molecule has 18 heavy (non-hydrogen) atoms. The second-order valence-electron chi connectivity index (χ2n) is 4.83. The van der Waals surface area contributed by atoms with Gasteiger partial charge in [-0.3, -0.25) is 0 Å². The highest BCUT2D eigenvalue weighted by Crippen LogP contribution is 2.37. The van der Waals surface area contributed by atoms with Crippen molar-refractivity contribution in [2.75, 3.05) is 0 Å². The van der Waals surface area contributed by atoms with E-state index in [9.17, 15) is 22.0 Å². The molecule has 1 nitrogen and oxygen atoms in total. The van der Waals surface area contributed by atoms with Crippen LogP contribution >= 0.6 is 0 Å². The summed E-state index contributed by atoms with van der Waals surface area (Å²) in [5.41, 5.74) is -1.01. The molecule has 0 saturated heterocycles. The van der Waals surface area contributed by atoms with Crippen molar-refractivity contribution in [3.05, 3.63) is 29.6 Å². The van der Waals surface area contributed by atoms with Crippen LogP contribution in [0, 0.1) is 5.82 Å². The maximum absolute atomic E-state index is 13.6. The van der Waals surface area contributed by atoms with Gasteiger partial charge in [-0.25, -0.2) is 4.39 Å². The summed E-state index contributed by atoms with van der Waals surface area (Å²) in [5, 5.41) is 0. The molecule has 0 atom stereocenters. The number of benzene rings is 1. The third-order valence-corrected chi connectivity index (χ3v) is 2.23. The third kappa shape index (κ3) is 3.11. The zero-order chi connectivity index (χ0) is 14.1. The van der Waals surface area contributed by atoms with Crippen molar-refractivity contribution in [1.82, 2.24) is 0 Å². The molecule has 0 unspecified atom stereocenters. The van der Waals surface area contributed by atoms with Crippen molar-refractivity contribution in [3.63, 3.8) is 0 Å². The summed E-state index contributed by atoms with van der Waals surface area (Å²) in [4.78, 5) is 0. The van der Waals surface area contributed by atoms with Crippen molar-refractivity contribution in [3.8, 4) is 5.75 Å². The molecule has 0 aliphatic carbocycles. The normalized spacial score (nSPS) is 12.9. The minimum atomic E-state index is -4.65. The fourth-order valence-electron chi connectivity index (χ4n) is 1.51. The summed E-state index contributed by atoms with van der Waals surface area (Å²) in [7, 11) is 0. The van der Waals surface area contributed by atoms with Crippen LogP contribution < -0.4 is 4.74 Å². The van der Waals surface area contributed by atoms with E-state index in [-0.39, 0.29) is 5.56 Å². The average Bonchev–Trinajstić information content (AvgIpc) is 2.14. The van der Waals surface area contributed by atoms with Gasteiger partial charge < -0.3 is 4.74 Å². The van der Waals surface area contributed by atoms with Gasteiger partial charge in [0.1, 0.15) is 11.6 Å². The Balaban J connectivity index is 3.23. The molecule has 6 heteroatoms. The first-order valence-corrected chi connectivity index (χ1v) is 5.19. The number of halogens is 5. The summed E-state index contributed by atoms with van der Waals surface area (Å²) in [6.45, 7) is 4.70. The van der Waals surface area contributed by atoms with Gasteiger partial charge in [0.2, 0.25) is 0 Å². The van der Waals surface area contributed by atoms with E-state index < -0.39 is 29.5 Å². The molecule has 0 aromatic heterocycles. The maximum atomic E-state index is 13.6. The van der Waals surface area contributed by atoms with Crippen molar-refractivity contribution in [1.29, 1.82) is 0 Å². The largest absolute Gasteiger partial charge is 0.461 e. The predicted molar refractivity (Wildman–Crippen MR) is 56.7 cm³/mol. The molecule has 0 saturated carbocycles. The second kappa shape index (κ2) is 4.74. The van der Waals surface area contributed by atoms with Gasteiger partial charge in [-0.15, -0.1) is 0 Å². The van der Waals surface area contributed by atoms with Crippen molar-refractivity contribution in [2.45, 2.75) is 38.7 Å². The lowest BCUT2D eigenvalue weighted by atomic mass is 9.86. The van der Waals surface area contributed by atoms with Gasteiger partial charge in [0, 0.05) is 5.56 Å². The van der Waals surface area contributed by atoms with E-state index in [0.29, 0.717) is 0 Å². The zero-order valence-electron chi connectivity index (χ0n) is 10.1. The molecule has 0 heterocycles. The summed E-state index contributed by atoms with van der Waals surface area (Å²) in [6.07, 6.45) is -8.62. The van der Waals surface area contributed by atoms with Crippen molar-refractivity contribution >= 4 is 0 Å². The van der Waals surface area contributed by atoms with E-state index >= 15 is 0 Å². The Hall–Kier alpha value is -1.33. The molecule has 0 radical (unpaired) electrons. The van der Waals surface area contributed by atoms with E-state index in [4.69, 9.17) is 0 Å². The summed E-state index contributed by atoms with van der Waals surface area (Å²) < 4.78 is 67.4. The van der Waals surface area contributed by atoms with Gasteiger partial charge in [0.15, 0.2) is 0 Å². The van der Waals surface area contributed by atoms with E-state index in [1.165, 1.54) is 0 Å². The number of alkyl halides is 4. The SMILES string of the molecule is CC(C)(C)c1c(F)cccc1OC(F)(F)C(F)F. The minimum absolute atomic E-state index is 0.162. The van der Waals surface area contributed by atoms with E-state index in [2.05, 4.69) is 4.74 Å². The Morgan fingerprint density at radius 1 is 1.11 bits per heavy atom. The molecule has 0 fully saturated rings. The first-order chi connectivity index (χ1) is 8.05. The summed E-state index contributed by atoms with van der Waals surface area (Å²) in [6, 6.07) is 3.23. The second-order valence-corrected chi connectivity index (χ2v) is 4.83. The molecule has 0 spiro atoms. The Morgan fingerprint density at radius 2 is 1.67 bits per heavy atom. The van der Waals surface area contributed by atoms with Crippen LogP contribution in [0.3, 0.4) is 0 Å². The quantitative estimate of drug-likeness (QED) is 0.740. The number of hydrogen-bond donors (Lipinski definition) is 0. The lowest BCUT2D eigenvalue weighted by Gasteiger charge is -2.25. The van der Waals surface area contributed by atoms with Gasteiger partial charge >= 0.3 is 12.5 Å². The fraction of sp³-hybridized carbons (Fsp3) is 0.500. The molecule has 1 aromatic carbocycles. The molecule has 0 bridgehead atoms. The fourth-order valence-corrected chi connectivity index (χ4v) is 1.51. The van der Waals surface area contributed by atoms with Crippen LogP contribution in [0.5, 0.6) is 5.75 Å². The molecular weight excluding hydrogens is 255 g/mol. The smallest absolute Gasteiger partial charge is 0.428 e. The van der Waals surface area contributed by atoms with E-state index in [1.54, 1.807) is 20.8 Å². The Bertz CT molecular complexity index is 423. The van der Waals surface area contributed by atoms with Crippen LogP contribution in [-0.4, -0.2) is 12.5 Å². The topological polar surface area (TPSA) is 9.23 Å². The highest BCUT2D eigenvalue weighted by atomic mass is 19.3.